The Kier molecular flexibility index (Phi) is 4.29. The lowest BCUT2D eigenvalue weighted by Gasteiger charge is -2.36. The minimum Gasteiger partial charge on any atom is -0.375 e. The van der Waals surface area contributed by atoms with Gasteiger partial charge in [-0.05, 0) is 44.4 Å². The second-order valence-corrected chi connectivity index (χ2v) is 6.61. The first-order valence-electron chi connectivity index (χ1n) is 7.32. The average molecular weight is 274 g/mol. The van der Waals surface area contributed by atoms with E-state index in [9.17, 15) is 13.6 Å². The molecule has 2 nitrogen and oxygen atoms in total. The third kappa shape index (κ3) is 3.53. The highest BCUT2D eigenvalue weighted by Crippen LogP contribution is 2.49. The van der Waals surface area contributed by atoms with Crippen LogP contribution in [0.15, 0.2) is 0 Å². The number of alkyl halides is 2. The van der Waals surface area contributed by atoms with Crippen LogP contribution in [-0.2, 0) is 9.53 Å². The third-order valence-corrected chi connectivity index (χ3v) is 4.80. The second-order valence-electron chi connectivity index (χ2n) is 6.61. The Morgan fingerprint density at radius 3 is 2.32 bits per heavy atom. The molecule has 4 heteroatoms. The fourth-order valence-electron chi connectivity index (χ4n) is 3.57. The number of hydrogen-bond donors (Lipinski definition) is 0. The highest BCUT2D eigenvalue weighted by atomic mass is 19.3. The molecule has 0 aromatic rings. The molecule has 0 heterocycles. The van der Waals surface area contributed by atoms with Gasteiger partial charge in [-0.25, -0.2) is 8.78 Å². The molecule has 0 radical (unpaired) electrons. The molecule has 1 unspecified atom stereocenters. The summed E-state index contributed by atoms with van der Waals surface area (Å²) >= 11 is 0. The molecule has 110 valence electrons. The van der Waals surface area contributed by atoms with E-state index in [2.05, 4.69) is 0 Å². The fraction of sp³-hybridized carbons (Fsp3) is 0.933. The first-order chi connectivity index (χ1) is 8.82. The Bertz CT molecular complexity index is 328. The molecular weight excluding hydrogens is 250 g/mol. The van der Waals surface area contributed by atoms with Gasteiger partial charge < -0.3 is 4.74 Å². The maximum Gasteiger partial charge on any atom is 0.268 e. The molecule has 2 fully saturated rings. The van der Waals surface area contributed by atoms with Gasteiger partial charge in [-0.15, -0.1) is 0 Å². The first kappa shape index (κ1) is 14.9. The largest absolute Gasteiger partial charge is 0.375 e. The smallest absolute Gasteiger partial charge is 0.268 e. The molecule has 2 aliphatic carbocycles. The summed E-state index contributed by atoms with van der Waals surface area (Å²) in [5, 5.41) is 0. The van der Waals surface area contributed by atoms with E-state index in [-0.39, 0.29) is 11.3 Å². The van der Waals surface area contributed by atoms with Crippen LogP contribution in [0.4, 0.5) is 8.78 Å². The summed E-state index contributed by atoms with van der Waals surface area (Å²) in [5.41, 5.74) is -0.0788. The molecule has 0 N–H and O–H groups in total. The molecule has 1 atom stereocenters. The van der Waals surface area contributed by atoms with E-state index in [1.54, 1.807) is 0 Å². The van der Waals surface area contributed by atoms with E-state index in [0.717, 1.165) is 45.4 Å². The fourth-order valence-corrected chi connectivity index (χ4v) is 3.57. The van der Waals surface area contributed by atoms with Gasteiger partial charge in [0.15, 0.2) is 0 Å². The highest BCUT2D eigenvalue weighted by Gasteiger charge is 2.47. The molecule has 1 spiro atoms. The zero-order valence-corrected chi connectivity index (χ0v) is 11.9. The van der Waals surface area contributed by atoms with Gasteiger partial charge in [-0.3, -0.25) is 4.79 Å². The average Bonchev–Trinajstić information content (AvgIpc) is 2.60. The normalized spacial score (nSPS) is 36.1. The number of halogens is 2. The molecule has 19 heavy (non-hydrogen) atoms. The summed E-state index contributed by atoms with van der Waals surface area (Å²) in [4.78, 5) is 12.2. The van der Waals surface area contributed by atoms with Crippen LogP contribution < -0.4 is 0 Å². The van der Waals surface area contributed by atoms with Crippen LogP contribution in [-0.4, -0.2) is 24.9 Å². The third-order valence-electron chi connectivity index (χ3n) is 4.80. The molecule has 0 saturated heterocycles. The van der Waals surface area contributed by atoms with E-state index in [1.807, 2.05) is 6.92 Å². The van der Waals surface area contributed by atoms with Crippen LogP contribution in [0.2, 0.25) is 0 Å². The van der Waals surface area contributed by atoms with Gasteiger partial charge in [0.25, 0.3) is 5.92 Å². The number of ether oxygens (including phenoxy) is 1. The monoisotopic (exact) mass is 274 g/mol. The van der Waals surface area contributed by atoms with Crippen molar-refractivity contribution in [2.24, 2.45) is 17.3 Å². The molecule has 2 rings (SSSR count). The minimum atomic E-state index is -2.74. The maximum atomic E-state index is 12.6. The Morgan fingerprint density at radius 2 is 1.84 bits per heavy atom. The number of Topliss-reactive ketones (excluding diaryl/α,β-unsaturated/α-hetero) is 1. The topological polar surface area (TPSA) is 26.3 Å². The zero-order chi connectivity index (χ0) is 14.1. The van der Waals surface area contributed by atoms with Crippen LogP contribution in [0, 0.1) is 17.3 Å². The molecule has 2 aliphatic rings. The van der Waals surface area contributed by atoms with Gasteiger partial charge in [-0.1, -0.05) is 6.92 Å². The summed E-state index contributed by atoms with van der Waals surface area (Å²) in [7, 11) is 0. The lowest BCUT2D eigenvalue weighted by molar-refractivity contribution is -0.131. The minimum absolute atomic E-state index is 0.0788. The molecule has 0 amide bonds. The van der Waals surface area contributed by atoms with Crippen molar-refractivity contribution < 1.29 is 18.3 Å². The molecular formula is C15H24F2O2. The number of hydrogen-bond acceptors (Lipinski definition) is 2. The Morgan fingerprint density at radius 1 is 1.26 bits per heavy atom. The van der Waals surface area contributed by atoms with Gasteiger partial charge in [0.05, 0.1) is 0 Å². The summed E-state index contributed by atoms with van der Waals surface area (Å²) in [5.74, 6) is -1.75. The lowest BCUT2D eigenvalue weighted by atomic mass is 9.68. The van der Waals surface area contributed by atoms with Gasteiger partial charge in [0.1, 0.15) is 12.4 Å². The Labute approximate surface area is 113 Å². The molecule has 0 aliphatic heterocycles. The van der Waals surface area contributed by atoms with Crippen LogP contribution in [0.1, 0.15) is 52.4 Å². The van der Waals surface area contributed by atoms with Crippen molar-refractivity contribution in [3.63, 3.8) is 0 Å². The van der Waals surface area contributed by atoms with E-state index >= 15 is 0 Å². The molecule has 0 aromatic carbocycles. The van der Waals surface area contributed by atoms with E-state index in [4.69, 9.17) is 4.74 Å². The van der Waals surface area contributed by atoms with Crippen molar-refractivity contribution in [2.45, 2.75) is 58.3 Å². The summed E-state index contributed by atoms with van der Waals surface area (Å²) in [6.45, 7) is 2.81. The number of rotatable bonds is 4. The molecule has 0 bridgehead atoms. The number of ketones is 1. The quantitative estimate of drug-likeness (QED) is 0.778. The van der Waals surface area contributed by atoms with Crippen molar-refractivity contribution in [3.05, 3.63) is 0 Å². The predicted molar refractivity (Wildman–Crippen MR) is 69.2 cm³/mol. The standard InChI is InChI=1S/C15H24F2O2/c1-11-3-6-15(13(11)18)7-4-12(5-8-15)9-19-10-14(2,16)17/h11-12H,3-10H2,1-2H3. The van der Waals surface area contributed by atoms with E-state index < -0.39 is 12.5 Å². The first-order valence-corrected chi connectivity index (χ1v) is 7.32. The maximum absolute atomic E-state index is 12.6. The van der Waals surface area contributed by atoms with Crippen molar-refractivity contribution in [1.29, 1.82) is 0 Å². The van der Waals surface area contributed by atoms with E-state index in [1.165, 1.54) is 0 Å². The summed E-state index contributed by atoms with van der Waals surface area (Å²) in [6.07, 6.45) is 5.76. The van der Waals surface area contributed by atoms with Gasteiger partial charge >= 0.3 is 0 Å². The number of carbonyl (C=O) groups is 1. The Balaban J connectivity index is 1.75. The van der Waals surface area contributed by atoms with Crippen LogP contribution >= 0.6 is 0 Å². The van der Waals surface area contributed by atoms with Gasteiger partial charge in [-0.2, -0.15) is 0 Å². The van der Waals surface area contributed by atoms with Gasteiger partial charge in [0.2, 0.25) is 0 Å². The second kappa shape index (κ2) is 5.47. The SMILES string of the molecule is CC1CCC2(CCC(COCC(C)(F)F)CC2)C1=O. The van der Waals surface area contributed by atoms with Crippen LogP contribution in [0.5, 0.6) is 0 Å². The van der Waals surface area contributed by atoms with Crippen molar-refractivity contribution in [2.75, 3.05) is 13.2 Å². The van der Waals surface area contributed by atoms with Crippen LogP contribution in [0.25, 0.3) is 0 Å². The number of carbonyl (C=O) groups excluding carboxylic acids is 1. The van der Waals surface area contributed by atoms with E-state index in [0.29, 0.717) is 18.3 Å². The zero-order valence-electron chi connectivity index (χ0n) is 11.9. The van der Waals surface area contributed by atoms with Crippen molar-refractivity contribution in [1.82, 2.24) is 0 Å². The summed E-state index contributed by atoms with van der Waals surface area (Å²) < 4.78 is 30.4. The summed E-state index contributed by atoms with van der Waals surface area (Å²) in [6, 6.07) is 0. The molecule has 0 aromatic heterocycles. The van der Waals surface area contributed by atoms with Crippen LogP contribution in [0.3, 0.4) is 0 Å². The molecule has 2 saturated carbocycles. The lowest BCUT2D eigenvalue weighted by Crippen LogP contribution is -2.34. The van der Waals surface area contributed by atoms with Crippen molar-refractivity contribution >= 4 is 5.78 Å². The Hall–Kier alpha value is -0.510. The highest BCUT2D eigenvalue weighted by molar-refractivity contribution is 5.88. The van der Waals surface area contributed by atoms with Gasteiger partial charge in [0, 0.05) is 24.9 Å². The van der Waals surface area contributed by atoms with Crippen molar-refractivity contribution in [3.8, 4) is 0 Å². The predicted octanol–water partition coefficient (Wildman–Crippen LogP) is 3.83.